The molecule has 20 heavy (non-hydrogen) atoms. The second kappa shape index (κ2) is 6.17. The second-order valence-corrected chi connectivity index (χ2v) is 4.69. The predicted molar refractivity (Wildman–Crippen MR) is 77.3 cm³/mol. The Balaban J connectivity index is 0.00000147. The van der Waals surface area contributed by atoms with Crippen molar-refractivity contribution < 1.29 is 20.1 Å². The normalized spacial score (nSPS) is 10.1. The molecule has 3 rings (SSSR count). The van der Waals surface area contributed by atoms with Gasteiger partial charge < -0.3 is 0 Å². The summed E-state index contributed by atoms with van der Waals surface area (Å²) >= 11 is 0. The van der Waals surface area contributed by atoms with E-state index in [1.807, 2.05) is 41.9 Å². The van der Waals surface area contributed by atoms with Crippen LogP contribution in [0.15, 0.2) is 54.7 Å². The summed E-state index contributed by atoms with van der Waals surface area (Å²) in [5, 5.41) is 4.58. The molecule has 0 spiro atoms. The van der Waals surface area contributed by atoms with E-state index in [1.54, 1.807) is 0 Å². The molecule has 0 aliphatic rings. The van der Waals surface area contributed by atoms with Crippen LogP contribution in [0.2, 0.25) is 0 Å². The van der Waals surface area contributed by atoms with E-state index in [-0.39, 0.29) is 20.1 Å². The number of rotatable bonds is 2. The van der Waals surface area contributed by atoms with Crippen LogP contribution in [-0.4, -0.2) is 9.78 Å². The second-order valence-electron chi connectivity index (χ2n) is 4.69. The number of nitrogens with zero attached hydrogens (tertiary/aromatic N) is 2. The molecule has 2 nitrogen and oxygen atoms in total. The molecule has 0 amide bonds. The van der Waals surface area contributed by atoms with Gasteiger partial charge in [-0.1, -0.05) is 37.3 Å². The maximum Gasteiger partial charge on any atom is 0.0675 e. The molecule has 0 unspecified atom stereocenters. The van der Waals surface area contributed by atoms with Gasteiger partial charge in [0.25, 0.3) is 0 Å². The van der Waals surface area contributed by atoms with E-state index in [0.717, 1.165) is 16.9 Å². The fourth-order valence-corrected chi connectivity index (χ4v) is 2.18. The van der Waals surface area contributed by atoms with Crippen LogP contribution >= 0.6 is 0 Å². The molecule has 0 saturated heterocycles. The molecular formula is C17H15IrN2-. The molecule has 0 aliphatic carbocycles. The van der Waals surface area contributed by atoms with Crippen LogP contribution in [0.25, 0.3) is 16.8 Å². The van der Waals surface area contributed by atoms with Gasteiger partial charge >= 0.3 is 0 Å². The molecule has 1 aromatic heterocycles. The van der Waals surface area contributed by atoms with Crippen molar-refractivity contribution in [1.29, 1.82) is 0 Å². The Morgan fingerprint density at radius 1 is 1.05 bits per heavy atom. The molecule has 103 valence electrons. The maximum atomic E-state index is 4.58. The third-order valence-corrected chi connectivity index (χ3v) is 3.17. The van der Waals surface area contributed by atoms with Crippen molar-refractivity contribution in [3.63, 3.8) is 0 Å². The summed E-state index contributed by atoms with van der Waals surface area (Å²) in [4.78, 5) is 0. The zero-order chi connectivity index (χ0) is 13.2. The molecule has 3 aromatic rings. The average molecular weight is 440 g/mol. The Morgan fingerprint density at radius 3 is 2.50 bits per heavy atom. The van der Waals surface area contributed by atoms with Crippen molar-refractivity contribution in [2.75, 3.05) is 0 Å². The van der Waals surface area contributed by atoms with E-state index in [0.29, 0.717) is 0 Å². The Kier molecular flexibility index (Phi) is 4.53. The minimum atomic E-state index is 0. The van der Waals surface area contributed by atoms with Crippen molar-refractivity contribution >= 4 is 0 Å². The van der Waals surface area contributed by atoms with Crippen LogP contribution in [0.1, 0.15) is 11.3 Å². The monoisotopic (exact) mass is 440 g/mol. The van der Waals surface area contributed by atoms with Crippen molar-refractivity contribution in [1.82, 2.24) is 9.78 Å². The number of hydrogen-bond acceptors (Lipinski definition) is 1. The van der Waals surface area contributed by atoms with Gasteiger partial charge in [0.15, 0.2) is 0 Å². The molecule has 2 aromatic carbocycles. The first-order valence-corrected chi connectivity index (χ1v) is 6.34. The minimum absolute atomic E-state index is 0. The molecule has 0 fully saturated rings. The largest absolute Gasteiger partial charge is 0.265 e. The summed E-state index contributed by atoms with van der Waals surface area (Å²) in [6.45, 7) is 4.11. The third kappa shape index (κ3) is 2.90. The van der Waals surface area contributed by atoms with Crippen molar-refractivity contribution in [3.05, 3.63) is 72.1 Å². The van der Waals surface area contributed by atoms with Crippen LogP contribution in [-0.2, 0) is 20.1 Å². The summed E-state index contributed by atoms with van der Waals surface area (Å²) < 4.78 is 1.89. The summed E-state index contributed by atoms with van der Waals surface area (Å²) in [5.74, 6) is 0. The van der Waals surface area contributed by atoms with E-state index < -0.39 is 0 Å². The van der Waals surface area contributed by atoms with Crippen LogP contribution < -0.4 is 0 Å². The smallest absolute Gasteiger partial charge is 0.0675 e. The van der Waals surface area contributed by atoms with Crippen LogP contribution in [0, 0.1) is 19.9 Å². The Bertz CT molecular complexity index is 702. The number of aromatic nitrogens is 2. The quantitative estimate of drug-likeness (QED) is 0.553. The maximum absolute atomic E-state index is 4.58. The Hall–Kier alpha value is -1.70. The number of benzene rings is 2. The summed E-state index contributed by atoms with van der Waals surface area (Å²) in [7, 11) is 0. The molecule has 0 saturated carbocycles. The van der Waals surface area contributed by atoms with Gasteiger partial charge in [0, 0.05) is 31.9 Å². The summed E-state index contributed by atoms with van der Waals surface area (Å²) in [6, 6.07) is 19.6. The summed E-state index contributed by atoms with van der Waals surface area (Å²) in [5.41, 5.74) is 5.57. The summed E-state index contributed by atoms with van der Waals surface area (Å²) in [6.07, 6.45) is 2.07. The fraction of sp³-hybridized carbons (Fsp3) is 0.118. The standard InChI is InChI=1S/C17H15N2.Ir/c1-13-7-6-10-16(11-13)19-12-17(14(2)18-19)15-8-4-3-5-9-15;/h3-9,11-12H,1-2H3;/q-1;. The molecule has 0 bridgehead atoms. The Labute approximate surface area is 132 Å². The fourth-order valence-electron chi connectivity index (χ4n) is 2.18. The topological polar surface area (TPSA) is 17.8 Å². The molecule has 0 N–H and O–H groups in total. The first kappa shape index (κ1) is 14.7. The Morgan fingerprint density at radius 2 is 1.80 bits per heavy atom. The number of hydrogen-bond donors (Lipinski definition) is 0. The first-order chi connectivity index (χ1) is 9.24. The van der Waals surface area contributed by atoms with E-state index in [2.05, 4.69) is 42.5 Å². The van der Waals surface area contributed by atoms with E-state index >= 15 is 0 Å². The molecule has 0 atom stereocenters. The van der Waals surface area contributed by atoms with Gasteiger partial charge in [-0.3, -0.25) is 4.68 Å². The van der Waals surface area contributed by atoms with E-state index in [9.17, 15) is 0 Å². The van der Waals surface area contributed by atoms with Gasteiger partial charge in [-0.2, -0.15) is 28.9 Å². The minimum Gasteiger partial charge on any atom is -0.265 e. The van der Waals surface area contributed by atoms with Crippen molar-refractivity contribution in [2.45, 2.75) is 13.8 Å². The zero-order valence-electron chi connectivity index (χ0n) is 11.4. The van der Waals surface area contributed by atoms with E-state index in [4.69, 9.17) is 0 Å². The zero-order valence-corrected chi connectivity index (χ0v) is 13.8. The molecule has 0 aliphatic heterocycles. The first-order valence-electron chi connectivity index (χ1n) is 6.34. The van der Waals surface area contributed by atoms with Crippen LogP contribution in [0.3, 0.4) is 0 Å². The molecular weight excluding hydrogens is 424 g/mol. The van der Waals surface area contributed by atoms with Crippen LogP contribution in [0.5, 0.6) is 0 Å². The molecule has 1 radical (unpaired) electrons. The predicted octanol–water partition coefficient (Wildman–Crippen LogP) is 3.95. The SMILES string of the molecule is Cc1cc[c-]c(-n2cc(-c3ccccc3)c(C)n2)c1.[Ir]. The van der Waals surface area contributed by atoms with Crippen LogP contribution in [0.4, 0.5) is 0 Å². The van der Waals surface area contributed by atoms with Gasteiger partial charge in [-0.05, 0) is 18.2 Å². The van der Waals surface area contributed by atoms with Gasteiger partial charge in [0.05, 0.1) is 5.69 Å². The molecule has 1 heterocycles. The van der Waals surface area contributed by atoms with E-state index in [1.165, 1.54) is 11.1 Å². The van der Waals surface area contributed by atoms with Gasteiger partial charge in [0.1, 0.15) is 0 Å². The molecule has 3 heteroatoms. The van der Waals surface area contributed by atoms with Crippen molar-refractivity contribution in [2.24, 2.45) is 0 Å². The van der Waals surface area contributed by atoms with Gasteiger partial charge in [-0.25, -0.2) is 0 Å². The van der Waals surface area contributed by atoms with Gasteiger partial charge in [-0.15, -0.1) is 6.07 Å². The van der Waals surface area contributed by atoms with Crippen molar-refractivity contribution in [3.8, 4) is 16.8 Å². The third-order valence-electron chi connectivity index (χ3n) is 3.17. The van der Waals surface area contributed by atoms with Gasteiger partial charge in [0.2, 0.25) is 0 Å². The average Bonchev–Trinajstić information content (AvgIpc) is 2.82. The number of aryl methyl sites for hydroxylation is 2.